The number of carbonyl (C=O) groups excluding carboxylic acids is 1. The van der Waals surface area contributed by atoms with Gasteiger partial charge in [-0.3, -0.25) is 19.8 Å². The van der Waals surface area contributed by atoms with E-state index in [1.807, 2.05) is 12.1 Å². The zero-order chi connectivity index (χ0) is 23.4. The number of halogens is 1. The van der Waals surface area contributed by atoms with Crippen molar-refractivity contribution in [3.05, 3.63) is 93.7 Å². The first-order chi connectivity index (χ1) is 15.9. The van der Waals surface area contributed by atoms with Crippen molar-refractivity contribution in [2.45, 2.75) is 13.0 Å². The molecule has 0 aliphatic carbocycles. The molecule has 0 radical (unpaired) electrons. The number of amides is 1. The molecule has 1 amide bonds. The molecular weight excluding hydrogens is 427 g/mol. The van der Waals surface area contributed by atoms with E-state index in [-0.39, 0.29) is 29.0 Å². The molecule has 0 saturated carbocycles. The number of anilines is 1. The smallest absolute Gasteiger partial charge is 0.273 e. The van der Waals surface area contributed by atoms with Crippen LogP contribution in [0.5, 0.6) is 0 Å². The molecule has 0 bridgehead atoms. The highest BCUT2D eigenvalue weighted by molar-refractivity contribution is 5.96. The van der Waals surface area contributed by atoms with E-state index in [1.165, 1.54) is 24.3 Å². The molecule has 2 heterocycles. The molecule has 1 unspecified atom stereocenters. The van der Waals surface area contributed by atoms with Crippen LogP contribution in [-0.4, -0.2) is 48.5 Å². The number of nitro benzene ring substituents is 1. The number of nitrogens with zero attached hydrogens (tertiary/aromatic N) is 3. The molecule has 0 spiro atoms. The molecule has 1 saturated heterocycles. The summed E-state index contributed by atoms with van der Waals surface area (Å²) >= 11 is 0. The monoisotopic (exact) mass is 452 g/mol. The molecule has 8 nitrogen and oxygen atoms in total. The van der Waals surface area contributed by atoms with Gasteiger partial charge in [0, 0.05) is 55.6 Å². The van der Waals surface area contributed by atoms with Crippen LogP contribution in [0.1, 0.15) is 27.7 Å². The number of piperazine rings is 1. The summed E-state index contributed by atoms with van der Waals surface area (Å²) in [6, 6.07) is 14.5. The minimum Gasteiger partial charge on any atom is -0.468 e. The first kappa shape index (κ1) is 22.5. The highest BCUT2D eigenvalue weighted by atomic mass is 19.1. The maximum absolute atomic E-state index is 13.2. The molecule has 4 rings (SSSR count). The molecule has 9 heteroatoms. The Labute approximate surface area is 190 Å². The van der Waals surface area contributed by atoms with Crippen molar-refractivity contribution in [2.75, 3.05) is 37.6 Å². The van der Waals surface area contributed by atoms with Gasteiger partial charge in [0.2, 0.25) is 0 Å². The fourth-order valence-corrected chi connectivity index (χ4v) is 4.19. The maximum Gasteiger partial charge on any atom is 0.273 e. The highest BCUT2D eigenvalue weighted by Crippen LogP contribution is 2.25. The fourth-order valence-electron chi connectivity index (χ4n) is 4.19. The zero-order valence-electron chi connectivity index (χ0n) is 18.2. The van der Waals surface area contributed by atoms with Crippen molar-refractivity contribution in [1.29, 1.82) is 0 Å². The lowest BCUT2D eigenvalue weighted by atomic mass is 10.1. The van der Waals surface area contributed by atoms with E-state index >= 15 is 0 Å². The largest absolute Gasteiger partial charge is 0.468 e. The van der Waals surface area contributed by atoms with Crippen molar-refractivity contribution in [1.82, 2.24) is 10.2 Å². The molecule has 1 aliphatic heterocycles. The number of rotatable bonds is 7. The lowest BCUT2D eigenvalue weighted by Crippen LogP contribution is -2.49. The second-order valence-corrected chi connectivity index (χ2v) is 7.95. The molecular formula is C24H25FN4O4. The van der Waals surface area contributed by atoms with Gasteiger partial charge >= 0.3 is 0 Å². The minimum atomic E-state index is -0.488. The Balaban J connectivity index is 1.44. The number of nitrogens with one attached hydrogen (secondary N) is 1. The van der Waals surface area contributed by atoms with Crippen LogP contribution in [0, 0.1) is 22.9 Å². The number of nitro groups is 1. The van der Waals surface area contributed by atoms with Crippen molar-refractivity contribution in [2.24, 2.45) is 0 Å². The first-order valence-corrected chi connectivity index (χ1v) is 10.7. The fraction of sp³-hybridized carbons (Fsp3) is 0.292. The molecule has 1 N–H and O–H groups in total. The highest BCUT2D eigenvalue weighted by Gasteiger charge is 2.28. The summed E-state index contributed by atoms with van der Waals surface area (Å²) < 4.78 is 18.9. The van der Waals surface area contributed by atoms with Gasteiger partial charge in [-0.1, -0.05) is 6.07 Å². The number of hydrogen-bond acceptors (Lipinski definition) is 6. The van der Waals surface area contributed by atoms with Crippen LogP contribution in [0.2, 0.25) is 0 Å². The third kappa shape index (κ3) is 5.04. The van der Waals surface area contributed by atoms with Gasteiger partial charge in [0.1, 0.15) is 11.6 Å². The Hall–Kier alpha value is -3.72. The summed E-state index contributed by atoms with van der Waals surface area (Å²) in [6.45, 7) is 4.83. The Morgan fingerprint density at radius 1 is 1.12 bits per heavy atom. The van der Waals surface area contributed by atoms with E-state index in [1.54, 1.807) is 31.4 Å². The zero-order valence-corrected chi connectivity index (χ0v) is 18.2. The SMILES string of the molecule is Cc1c(C(=O)NCC(c2ccco2)N2CCN(c3ccc(F)cc3)CC2)cccc1[N+](=O)[O-]. The van der Waals surface area contributed by atoms with Gasteiger partial charge in [0.25, 0.3) is 11.6 Å². The lowest BCUT2D eigenvalue weighted by molar-refractivity contribution is -0.385. The Kier molecular flexibility index (Phi) is 6.69. The number of benzene rings is 2. The van der Waals surface area contributed by atoms with Crippen LogP contribution < -0.4 is 10.2 Å². The van der Waals surface area contributed by atoms with Gasteiger partial charge in [0.15, 0.2) is 0 Å². The molecule has 1 atom stereocenters. The van der Waals surface area contributed by atoms with Crippen LogP contribution in [0.4, 0.5) is 15.8 Å². The molecule has 1 fully saturated rings. The van der Waals surface area contributed by atoms with Crippen molar-refractivity contribution >= 4 is 17.3 Å². The van der Waals surface area contributed by atoms with Crippen molar-refractivity contribution < 1.29 is 18.5 Å². The van der Waals surface area contributed by atoms with Crippen LogP contribution in [0.25, 0.3) is 0 Å². The number of carbonyl (C=O) groups is 1. The molecule has 1 aliphatic rings. The average molecular weight is 452 g/mol. The third-order valence-corrected chi connectivity index (χ3v) is 6.02. The van der Waals surface area contributed by atoms with Crippen LogP contribution in [0.15, 0.2) is 65.3 Å². The Bertz CT molecular complexity index is 1110. The Morgan fingerprint density at radius 2 is 1.85 bits per heavy atom. The standard InChI is InChI=1S/C24H25FN4O4/c1-17-20(4-2-5-21(17)29(31)32)24(30)26-16-22(23-6-3-15-33-23)28-13-11-27(12-14-28)19-9-7-18(25)8-10-19/h2-10,15,22H,11-14,16H2,1H3,(H,26,30). The van der Waals surface area contributed by atoms with E-state index in [2.05, 4.69) is 15.1 Å². The lowest BCUT2D eigenvalue weighted by Gasteiger charge is -2.39. The van der Waals surface area contributed by atoms with Gasteiger partial charge < -0.3 is 14.6 Å². The number of hydrogen-bond donors (Lipinski definition) is 1. The van der Waals surface area contributed by atoms with E-state index in [0.29, 0.717) is 12.1 Å². The number of furan rings is 1. The molecule has 3 aromatic rings. The molecule has 33 heavy (non-hydrogen) atoms. The predicted octanol–water partition coefficient (Wildman–Crippen LogP) is 3.93. The van der Waals surface area contributed by atoms with Gasteiger partial charge in [-0.25, -0.2) is 4.39 Å². The maximum atomic E-state index is 13.2. The van der Waals surface area contributed by atoms with E-state index in [4.69, 9.17) is 4.42 Å². The normalized spacial score (nSPS) is 15.3. The van der Waals surface area contributed by atoms with Gasteiger partial charge in [-0.15, -0.1) is 0 Å². The average Bonchev–Trinajstić information content (AvgIpc) is 3.34. The van der Waals surface area contributed by atoms with E-state index in [0.717, 1.165) is 37.6 Å². The second kappa shape index (κ2) is 9.83. The van der Waals surface area contributed by atoms with Crippen molar-refractivity contribution in [3.63, 3.8) is 0 Å². The second-order valence-electron chi connectivity index (χ2n) is 7.95. The van der Waals surface area contributed by atoms with Gasteiger partial charge in [0.05, 0.1) is 17.2 Å². The Morgan fingerprint density at radius 3 is 2.48 bits per heavy atom. The topological polar surface area (TPSA) is 91.9 Å². The third-order valence-electron chi connectivity index (χ3n) is 6.02. The van der Waals surface area contributed by atoms with Gasteiger partial charge in [-0.05, 0) is 49.4 Å². The first-order valence-electron chi connectivity index (χ1n) is 10.7. The van der Waals surface area contributed by atoms with Crippen LogP contribution >= 0.6 is 0 Å². The van der Waals surface area contributed by atoms with Crippen LogP contribution in [-0.2, 0) is 0 Å². The predicted molar refractivity (Wildman–Crippen MR) is 122 cm³/mol. The minimum absolute atomic E-state index is 0.0813. The molecule has 1 aromatic heterocycles. The summed E-state index contributed by atoms with van der Waals surface area (Å²) in [4.78, 5) is 28.0. The quantitative estimate of drug-likeness (QED) is 0.431. The van der Waals surface area contributed by atoms with E-state index in [9.17, 15) is 19.3 Å². The molecule has 2 aromatic carbocycles. The van der Waals surface area contributed by atoms with Gasteiger partial charge in [-0.2, -0.15) is 0 Å². The molecule has 172 valence electrons. The summed E-state index contributed by atoms with van der Waals surface area (Å²) in [6.07, 6.45) is 1.60. The van der Waals surface area contributed by atoms with Crippen molar-refractivity contribution in [3.8, 4) is 0 Å². The summed E-state index contributed by atoms with van der Waals surface area (Å²) in [7, 11) is 0. The summed E-state index contributed by atoms with van der Waals surface area (Å²) in [5, 5.41) is 14.1. The summed E-state index contributed by atoms with van der Waals surface area (Å²) in [5.74, 6) is 0.115. The summed E-state index contributed by atoms with van der Waals surface area (Å²) in [5.41, 5.74) is 1.51. The van der Waals surface area contributed by atoms with Crippen LogP contribution in [0.3, 0.4) is 0 Å². The van der Waals surface area contributed by atoms with E-state index < -0.39 is 4.92 Å².